The molecule has 1 rings (SSSR count). The van der Waals surface area contributed by atoms with Crippen molar-refractivity contribution in [1.29, 1.82) is 0 Å². The smallest absolute Gasteiger partial charge is 0.313 e. The van der Waals surface area contributed by atoms with Crippen molar-refractivity contribution in [3.63, 3.8) is 0 Å². The molecule has 1 saturated heterocycles. The number of hydrogen-bond acceptors (Lipinski definition) is 12. The number of aliphatic hydroxyl groups excluding tert-OH is 3. The van der Waals surface area contributed by atoms with Crippen molar-refractivity contribution < 1.29 is 49.0 Å². The Kier molecular flexibility index (Phi) is 8.24. The molecule has 1 heterocycles. The molecular formula is C12H18N2O12. The Morgan fingerprint density at radius 3 is 2.04 bits per heavy atom. The van der Waals surface area contributed by atoms with E-state index in [2.05, 4.69) is 9.47 Å². The van der Waals surface area contributed by atoms with Crippen LogP contribution in [0.3, 0.4) is 0 Å². The molecule has 0 aromatic carbocycles. The molecule has 0 aromatic rings. The van der Waals surface area contributed by atoms with E-state index in [0.29, 0.717) is 0 Å². The van der Waals surface area contributed by atoms with Crippen molar-refractivity contribution in [3.8, 4) is 0 Å². The van der Waals surface area contributed by atoms with Crippen LogP contribution < -0.4 is 0 Å². The monoisotopic (exact) mass is 382 g/mol. The molecular weight excluding hydrogens is 364 g/mol. The van der Waals surface area contributed by atoms with Gasteiger partial charge < -0.3 is 29.5 Å². The standard InChI is InChI=1S/C12H18N2O12/c15-7(1-3-13(20)21)24-5-6-9(17)10(18)11(12(19)25-6)26-8(16)2-4-14(22)23/h6,9-12,17-19H,1-5H2/t6-,9-,10+,11-,12+/m1/s1. The molecule has 1 aliphatic rings. The van der Waals surface area contributed by atoms with Gasteiger partial charge in [-0.1, -0.05) is 0 Å². The largest absolute Gasteiger partial charge is 0.463 e. The Morgan fingerprint density at radius 2 is 1.50 bits per heavy atom. The molecule has 0 radical (unpaired) electrons. The summed E-state index contributed by atoms with van der Waals surface area (Å²) in [7, 11) is 0. The van der Waals surface area contributed by atoms with Crippen LogP contribution in [0.15, 0.2) is 0 Å². The highest BCUT2D eigenvalue weighted by Crippen LogP contribution is 2.23. The van der Waals surface area contributed by atoms with Crippen LogP contribution in [0.1, 0.15) is 12.8 Å². The number of rotatable bonds is 9. The molecule has 0 aromatic heterocycles. The number of carbonyl (C=O) groups excluding carboxylic acids is 2. The summed E-state index contributed by atoms with van der Waals surface area (Å²) in [4.78, 5) is 41.6. The molecule has 148 valence electrons. The number of carbonyl (C=O) groups is 2. The van der Waals surface area contributed by atoms with E-state index in [4.69, 9.17) is 4.74 Å². The number of nitrogens with zero attached hydrogens (tertiary/aromatic N) is 2. The van der Waals surface area contributed by atoms with Gasteiger partial charge in [0.25, 0.3) is 0 Å². The summed E-state index contributed by atoms with van der Waals surface area (Å²) in [5.74, 6) is -2.04. The lowest BCUT2D eigenvalue weighted by Gasteiger charge is -2.39. The molecule has 0 spiro atoms. The van der Waals surface area contributed by atoms with Crippen molar-refractivity contribution in [1.82, 2.24) is 0 Å². The minimum atomic E-state index is -1.89. The van der Waals surface area contributed by atoms with Gasteiger partial charge in [0.05, 0.1) is 0 Å². The summed E-state index contributed by atoms with van der Waals surface area (Å²) in [5, 5.41) is 49.9. The van der Waals surface area contributed by atoms with Gasteiger partial charge in [-0.15, -0.1) is 0 Å². The Labute approximate surface area is 145 Å². The third-order valence-electron chi connectivity index (χ3n) is 3.34. The van der Waals surface area contributed by atoms with Gasteiger partial charge in [0.2, 0.25) is 13.1 Å². The average Bonchev–Trinajstić information content (AvgIpc) is 2.56. The van der Waals surface area contributed by atoms with Crippen LogP contribution in [0, 0.1) is 20.2 Å². The topological polar surface area (TPSA) is 209 Å². The molecule has 1 fully saturated rings. The van der Waals surface area contributed by atoms with Gasteiger partial charge in [-0.05, 0) is 0 Å². The van der Waals surface area contributed by atoms with Crippen molar-refractivity contribution in [2.45, 2.75) is 43.5 Å². The van der Waals surface area contributed by atoms with E-state index >= 15 is 0 Å². The molecule has 0 amide bonds. The SMILES string of the molecule is O=C(CC[N+](=O)[O-])OC[C@H]1O[C@H](O)[C@H](OC(=O)CC[N+](=O)[O-])[C@@H](O)[C@@H]1O. The molecule has 0 saturated carbocycles. The summed E-state index contributed by atoms with van der Waals surface area (Å²) in [6.45, 7) is -1.99. The summed E-state index contributed by atoms with van der Waals surface area (Å²) >= 11 is 0. The minimum absolute atomic E-state index is 0.516. The lowest BCUT2D eigenvalue weighted by Crippen LogP contribution is -2.60. The number of ether oxygens (including phenoxy) is 3. The van der Waals surface area contributed by atoms with E-state index < -0.39 is 85.0 Å². The second-order valence-electron chi connectivity index (χ2n) is 5.30. The third kappa shape index (κ3) is 6.83. The lowest BCUT2D eigenvalue weighted by molar-refractivity contribution is -0.479. The molecule has 14 nitrogen and oxygen atoms in total. The zero-order valence-electron chi connectivity index (χ0n) is 13.3. The number of hydrogen-bond donors (Lipinski definition) is 3. The highest BCUT2D eigenvalue weighted by molar-refractivity contribution is 5.70. The van der Waals surface area contributed by atoms with Gasteiger partial charge in [0.15, 0.2) is 12.4 Å². The van der Waals surface area contributed by atoms with E-state index in [0.717, 1.165) is 0 Å². The van der Waals surface area contributed by atoms with Crippen LogP contribution in [0.2, 0.25) is 0 Å². The number of esters is 2. The fourth-order valence-electron chi connectivity index (χ4n) is 2.01. The van der Waals surface area contributed by atoms with E-state index in [-0.39, 0.29) is 0 Å². The second kappa shape index (κ2) is 9.91. The average molecular weight is 382 g/mol. The van der Waals surface area contributed by atoms with Crippen molar-refractivity contribution in [2.75, 3.05) is 19.7 Å². The van der Waals surface area contributed by atoms with E-state index in [9.17, 15) is 45.1 Å². The van der Waals surface area contributed by atoms with Crippen LogP contribution in [0.4, 0.5) is 0 Å². The highest BCUT2D eigenvalue weighted by Gasteiger charge is 2.46. The molecule has 0 aliphatic carbocycles. The quantitative estimate of drug-likeness (QED) is 0.210. The first-order valence-electron chi connectivity index (χ1n) is 7.40. The van der Waals surface area contributed by atoms with Crippen LogP contribution in [-0.4, -0.2) is 87.5 Å². The maximum Gasteiger partial charge on any atom is 0.313 e. The Balaban J connectivity index is 2.52. The maximum atomic E-state index is 11.4. The van der Waals surface area contributed by atoms with E-state index in [1.54, 1.807) is 0 Å². The van der Waals surface area contributed by atoms with Gasteiger partial charge in [-0.2, -0.15) is 0 Å². The van der Waals surface area contributed by atoms with Gasteiger partial charge in [0.1, 0.15) is 37.8 Å². The summed E-state index contributed by atoms with van der Waals surface area (Å²) in [6.07, 6.45) is -9.65. The second-order valence-corrected chi connectivity index (χ2v) is 5.30. The van der Waals surface area contributed by atoms with Crippen LogP contribution in [0.5, 0.6) is 0 Å². The van der Waals surface area contributed by atoms with Crippen LogP contribution >= 0.6 is 0 Å². The summed E-state index contributed by atoms with van der Waals surface area (Å²) in [6, 6.07) is 0. The fourth-order valence-corrected chi connectivity index (χ4v) is 2.01. The number of aliphatic hydroxyl groups is 3. The first kappa shape index (κ1) is 21.6. The maximum absolute atomic E-state index is 11.4. The van der Waals surface area contributed by atoms with Crippen molar-refractivity contribution in [3.05, 3.63) is 20.2 Å². The van der Waals surface area contributed by atoms with Gasteiger partial charge >= 0.3 is 11.9 Å². The zero-order chi connectivity index (χ0) is 19.9. The first-order valence-corrected chi connectivity index (χ1v) is 7.40. The van der Waals surface area contributed by atoms with E-state index in [1.165, 1.54) is 0 Å². The Bertz CT molecular complexity index is 538. The van der Waals surface area contributed by atoms with Crippen LogP contribution in [0.25, 0.3) is 0 Å². The zero-order valence-corrected chi connectivity index (χ0v) is 13.3. The van der Waals surface area contributed by atoms with Gasteiger partial charge in [0, 0.05) is 9.85 Å². The van der Waals surface area contributed by atoms with Gasteiger partial charge in [-0.25, -0.2) is 0 Å². The molecule has 5 atom stereocenters. The summed E-state index contributed by atoms with van der Waals surface area (Å²) < 4.78 is 14.2. The molecule has 0 bridgehead atoms. The van der Waals surface area contributed by atoms with Gasteiger partial charge in [-0.3, -0.25) is 29.8 Å². The Hall–Kier alpha value is -2.42. The Morgan fingerprint density at radius 1 is 0.962 bits per heavy atom. The predicted octanol–water partition coefficient (Wildman–Crippen LogP) is -2.79. The molecule has 14 heteroatoms. The molecule has 3 N–H and O–H groups in total. The minimum Gasteiger partial charge on any atom is -0.463 e. The lowest BCUT2D eigenvalue weighted by atomic mass is 9.99. The van der Waals surface area contributed by atoms with Crippen molar-refractivity contribution in [2.24, 2.45) is 0 Å². The first-order chi connectivity index (χ1) is 12.1. The molecule has 0 unspecified atom stereocenters. The summed E-state index contributed by atoms with van der Waals surface area (Å²) in [5.41, 5.74) is 0. The predicted molar refractivity (Wildman–Crippen MR) is 76.7 cm³/mol. The third-order valence-corrected chi connectivity index (χ3v) is 3.34. The number of nitro groups is 2. The normalized spacial score (nSPS) is 28.2. The van der Waals surface area contributed by atoms with E-state index in [1.807, 2.05) is 0 Å². The van der Waals surface area contributed by atoms with Crippen LogP contribution in [-0.2, 0) is 23.8 Å². The van der Waals surface area contributed by atoms with Crippen molar-refractivity contribution >= 4 is 11.9 Å². The fraction of sp³-hybridized carbons (Fsp3) is 0.833. The molecule has 1 aliphatic heterocycles. The highest BCUT2D eigenvalue weighted by atomic mass is 16.7. The molecule has 26 heavy (non-hydrogen) atoms.